The van der Waals surface area contributed by atoms with E-state index in [9.17, 15) is 4.79 Å². The van der Waals surface area contributed by atoms with Crippen molar-refractivity contribution in [1.82, 2.24) is 14.8 Å². The molecule has 32 heavy (non-hydrogen) atoms. The molecule has 0 radical (unpaired) electrons. The molecule has 1 fully saturated rings. The van der Waals surface area contributed by atoms with Gasteiger partial charge in [-0.25, -0.2) is 0 Å². The first kappa shape index (κ1) is 22.4. The van der Waals surface area contributed by atoms with Gasteiger partial charge in [-0.15, -0.1) is 10.2 Å². The van der Waals surface area contributed by atoms with Gasteiger partial charge in [0.15, 0.2) is 5.16 Å². The van der Waals surface area contributed by atoms with Gasteiger partial charge in [0.05, 0.1) is 10.9 Å². The van der Waals surface area contributed by atoms with E-state index in [0.29, 0.717) is 5.92 Å². The van der Waals surface area contributed by atoms with Crippen LogP contribution in [-0.4, -0.2) is 39.0 Å². The maximum Gasteiger partial charge on any atom is 0.237 e. The van der Waals surface area contributed by atoms with Crippen LogP contribution >= 0.6 is 11.8 Å². The van der Waals surface area contributed by atoms with Crippen molar-refractivity contribution in [1.29, 1.82) is 0 Å². The molecule has 168 valence electrons. The number of para-hydroxylation sites is 1. The molecule has 0 saturated carbocycles. The van der Waals surface area contributed by atoms with E-state index in [1.54, 1.807) is 0 Å². The molecule has 0 spiro atoms. The van der Waals surface area contributed by atoms with Crippen molar-refractivity contribution >= 4 is 29.3 Å². The Kier molecular flexibility index (Phi) is 6.84. The lowest BCUT2D eigenvalue weighted by Gasteiger charge is -2.19. The molecule has 1 aromatic heterocycles. The molecule has 1 atom stereocenters. The van der Waals surface area contributed by atoms with E-state index in [1.807, 2.05) is 25.1 Å². The number of anilines is 2. The standard InChI is InChI=1S/C25H31N5OS/c1-17(2)21-9-5-6-10-22(21)26-23(31)19(4)32-25-28-27-24(29-15-7-8-16-29)30(25)20-13-11-18(3)12-14-20/h5-6,9-14,17,19H,7-8,15-16H2,1-4H3,(H,26,31). The van der Waals surface area contributed by atoms with Crippen LogP contribution in [0, 0.1) is 6.92 Å². The van der Waals surface area contributed by atoms with Gasteiger partial charge in [-0.3, -0.25) is 9.36 Å². The number of aromatic nitrogens is 3. The van der Waals surface area contributed by atoms with Crippen LogP contribution in [0.1, 0.15) is 50.7 Å². The number of carbonyl (C=O) groups excluding carboxylic acids is 1. The molecule has 1 unspecified atom stereocenters. The van der Waals surface area contributed by atoms with Crippen molar-refractivity contribution in [3.63, 3.8) is 0 Å². The van der Waals surface area contributed by atoms with Gasteiger partial charge in [-0.2, -0.15) is 0 Å². The summed E-state index contributed by atoms with van der Waals surface area (Å²) in [5, 5.41) is 12.5. The van der Waals surface area contributed by atoms with Crippen molar-refractivity contribution in [2.45, 2.75) is 56.9 Å². The third-order valence-corrected chi connectivity index (χ3v) is 6.83. The number of thioether (sulfide) groups is 1. The highest BCUT2D eigenvalue weighted by Gasteiger charge is 2.25. The second-order valence-electron chi connectivity index (χ2n) is 8.64. The molecule has 1 N–H and O–H groups in total. The van der Waals surface area contributed by atoms with Crippen molar-refractivity contribution < 1.29 is 4.79 Å². The van der Waals surface area contributed by atoms with Gasteiger partial charge in [0.25, 0.3) is 0 Å². The molecular formula is C25H31N5OS. The first-order valence-electron chi connectivity index (χ1n) is 11.3. The van der Waals surface area contributed by atoms with Gasteiger partial charge >= 0.3 is 0 Å². The van der Waals surface area contributed by atoms with Crippen LogP contribution in [0.15, 0.2) is 53.7 Å². The molecule has 0 aliphatic carbocycles. The van der Waals surface area contributed by atoms with Crippen LogP contribution in [0.5, 0.6) is 0 Å². The number of hydrogen-bond acceptors (Lipinski definition) is 5. The van der Waals surface area contributed by atoms with E-state index in [2.05, 4.69) is 76.1 Å². The highest BCUT2D eigenvalue weighted by Crippen LogP contribution is 2.32. The molecule has 2 aromatic carbocycles. The summed E-state index contributed by atoms with van der Waals surface area (Å²) in [5.41, 5.74) is 4.23. The molecule has 1 aliphatic heterocycles. The lowest BCUT2D eigenvalue weighted by atomic mass is 10.0. The van der Waals surface area contributed by atoms with Crippen LogP contribution < -0.4 is 10.2 Å². The first-order valence-corrected chi connectivity index (χ1v) is 12.2. The second kappa shape index (κ2) is 9.77. The highest BCUT2D eigenvalue weighted by molar-refractivity contribution is 8.00. The Morgan fingerprint density at radius 2 is 1.69 bits per heavy atom. The van der Waals surface area contributed by atoms with Crippen LogP contribution in [0.25, 0.3) is 5.69 Å². The molecule has 4 rings (SSSR count). The Labute approximate surface area is 194 Å². The maximum absolute atomic E-state index is 13.0. The molecule has 1 amide bonds. The molecule has 1 saturated heterocycles. The third kappa shape index (κ3) is 4.83. The summed E-state index contributed by atoms with van der Waals surface area (Å²) >= 11 is 1.44. The number of hydrogen-bond donors (Lipinski definition) is 1. The Bertz CT molecular complexity index is 1070. The van der Waals surface area contributed by atoms with Crippen molar-refractivity contribution in [3.05, 3.63) is 59.7 Å². The van der Waals surface area contributed by atoms with Crippen LogP contribution in [0.4, 0.5) is 11.6 Å². The Hall–Kier alpha value is -2.80. The average molecular weight is 450 g/mol. The third-order valence-electron chi connectivity index (χ3n) is 5.79. The SMILES string of the molecule is Cc1ccc(-n2c(SC(C)C(=O)Nc3ccccc3C(C)C)nnc2N2CCCC2)cc1. The second-order valence-corrected chi connectivity index (χ2v) is 9.95. The van der Waals surface area contributed by atoms with Gasteiger partial charge in [0.1, 0.15) is 0 Å². The fraction of sp³-hybridized carbons (Fsp3) is 0.400. The number of amides is 1. The van der Waals surface area contributed by atoms with Gasteiger partial charge in [0, 0.05) is 18.8 Å². The first-order chi connectivity index (χ1) is 15.4. The quantitative estimate of drug-likeness (QED) is 0.488. The van der Waals surface area contributed by atoms with E-state index in [-0.39, 0.29) is 11.2 Å². The van der Waals surface area contributed by atoms with Crippen LogP contribution in [-0.2, 0) is 4.79 Å². The van der Waals surface area contributed by atoms with Crippen LogP contribution in [0.3, 0.4) is 0 Å². The van der Waals surface area contributed by atoms with E-state index in [0.717, 1.165) is 54.0 Å². The van der Waals surface area contributed by atoms with E-state index in [1.165, 1.54) is 17.3 Å². The minimum absolute atomic E-state index is 0.0377. The molecule has 7 heteroatoms. The summed E-state index contributed by atoms with van der Waals surface area (Å²) in [6.45, 7) is 10.2. The summed E-state index contributed by atoms with van der Waals surface area (Å²) in [6, 6.07) is 16.4. The minimum Gasteiger partial charge on any atom is -0.341 e. The summed E-state index contributed by atoms with van der Waals surface area (Å²) in [7, 11) is 0. The topological polar surface area (TPSA) is 63.1 Å². The Morgan fingerprint density at radius 3 is 2.38 bits per heavy atom. The average Bonchev–Trinajstić information content (AvgIpc) is 3.44. The molecular weight excluding hydrogens is 418 g/mol. The van der Waals surface area contributed by atoms with Gasteiger partial charge in [-0.05, 0) is 56.4 Å². The molecule has 1 aliphatic rings. The fourth-order valence-electron chi connectivity index (χ4n) is 3.94. The number of rotatable bonds is 7. The largest absolute Gasteiger partial charge is 0.341 e. The van der Waals surface area contributed by atoms with Crippen molar-refractivity contribution in [3.8, 4) is 5.69 Å². The molecule has 3 aromatic rings. The van der Waals surface area contributed by atoms with Crippen molar-refractivity contribution in [2.24, 2.45) is 0 Å². The summed E-state index contributed by atoms with van der Waals surface area (Å²) in [5.74, 6) is 1.15. The number of nitrogens with one attached hydrogen (secondary N) is 1. The number of aryl methyl sites for hydroxylation is 1. The predicted octanol–water partition coefficient (Wildman–Crippen LogP) is 5.42. The zero-order valence-electron chi connectivity index (χ0n) is 19.2. The lowest BCUT2D eigenvalue weighted by molar-refractivity contribution is -0.115. The monoisotopic (exact) mass is 449 g/mol. The zero-order chi connectivity index (χ0) is 22.7. The van der Waals surface area contributed by atoms with E-state index < -0.39 is 0 Å². The van der Waals surface area contributed by atoms with Crippen LogP contribution in [0.2, 0.25) is 0 Å². The van der Waals surface area contributed by atoms with Gasteiger partial charge < -0.3 is 10.2 Å². The Morgan fingerprint density at radius 1 is 1.00 bits per heavy atom. The summed E-state index contributed by atoms with van der Waals surface area (Å²) in [4.78, 5) is 15.3. The fourth-order valence-corrected chi connectivity index (χ4v) is 4.80. The molecule has 6 nitrogen and oxygen atoms in total. The predicted molar refractivity (Wildman–Crippen MR) is 132 cm³/mol. The number of benzene rings is 2. The normalized spacial score (nSPS) is 14.7. The molecule has 0 bridgehead atoms. The van der Waals surface area contributed by atoms with Crippen molar-refractivity contribution in [2.75, 3.05) is 23.3 Å². The van der Waals surface area contributed by atoms with Gasteiger partial charge in [0.2, 0.25) is 11.9 Å². The summed E-state index contributed by atoms with van der Waals surface area (Å²) in [6.07, 6.45) is 2.33. The molecule has 2 heterocycles. The highest BCUT2D eigenvalue weighted by atomic mass is 32.2. The maximum atomic E-state index is 13.0. The summed E-state index contributed by atoms with van der Waals surface area (Å²) < 4.78 is 2.08. The van der Waals surface area contributed by atoms with E-state index in [4.69, 9.17) is 0 Å². The zero-order valence-corrected chi connectivity index (χ0v) is 20.0. The van der Waals surface area contributed by atoms with Gasteiger partial charge in [-0.1, -0.05) is 61.5 Å². The smallest absolute Gasteiger partial charge is 0.237 e. The Balaban J connectivity index is 1.58. The minimum atomic E-state index is -0.324. The number of carbonyl (C=O) groups is 1. The van der Waals surface area contributed by atoms with E-state index >= 15 is 0 Å². The number of nitrogens with zero attached hydrogens (tertiary/aromatic N) is 4. The lowest BCUT2D eigenvalue weighted by Crippen LogP contribution is -2.24.